The topological polar surface area (TPSA) is 105 Å². The van der Waals surface area contributed by atoms with E-state index < -0.39 is 0 Å². The molecule has 4 aromatic rings. The van der Waals surface area contributed by atoms with E-state index in [4.69, 9.17) is 24.7 Å². The smallest absolute Gasteiger partial charge is 0.258 e. The Kier molecular flexibility index (Phi) is 5.69. The third kappa shape index (κ3) is 4.20. The van der Waals surface area contributed by atoms with E-state index in [1.165, 1.54) is 11.3 Å². The maximum absolute atomic E-state index is 13.5. The van der Waals surface area contributed by atoms with Crippen molar-refractivity contribution in [3.05, 3.63) is 65.7 Å². The molecule has 3 aromatic carbocycles. The molecule has 1 aliphatic rings. The number of nitrogens with two attached hydrogens (primary N) is 1. The number of methoxy groups -OCH3 is 2. The molecule has 1 amide bonds. The Morgan fingerprint density at radius 3 is 2.68 bits per heavy atom. The molecule has 0 spiro atoms. The van der Waals surface area contributed by atoms with Gasteiger partial charge in [-0.05, 0) is 59.7 Å². The Labute approximate surface area is 199 Å². The number of nitrogens with zero attached hydrogens (tertiary/aromatic N) is 1. The fourth-order valence-electron chi connectivity index (χ4n) is 3.61. The monoisotopic (exact) mass is 475 g/mol. The number of nitrogen functional groups attached to an aromatic ring is 1. The molecule has 3 N–H and O–H groups in total. The van der Waals surface area contributed by atoms with Gasteiger partial charge in [-0.2, -0.15) is 0 Å². The summed E-state index contributed by atoms with van der Waals surface area (Å²) in [4.78, 5) is 18.0. The summed E-state index contributed by atoms with van der Waals surface area (Å²) in [5, 5.41) is 3.39. The molecule has 0 fully saturated rings. The molecular weight excluding hydrogens is 454 g/mol. The van der Waals surface area contributed by atoms with E-state index in [9.17, 15) is 4.79 Å². The largest absolute Gasteiger partial charge is 0.493 e. The van der Waals surface area contributed by atoms with Crippen molar-refractivity contribution in [1.82, 2.24) is 4.98 Å². The predicted octanol–water partition coefficient (Wildman–Crippen LogP) is 4.80. The quantitative estimate of drug-likeness (QED) is 0.234. The first-order valence-electron chi connectivity index (χ1n) is 10.4. The summed E-state index contributed by atoms with van der Waals surface area (Å²) in [6.07, 6.45) is 1.78. The van der Waals surface area contributed by atoms with Crippen LogP contribution in [0.4, 0.5) is 10.8 Å². The Morgan fingerprint density at radius 1 is 1.03 bits per heavy atom. The fourth-order valence-corrected chi connectivity index (χ4v) is 4.52. The van der Waals surface area contributed by atoms with E-state index in [2.05, 4.69) is 10.3 Å². The second-order valence-corrected chi connectivity index (χ2v) is 8.47. The molecule has 0 unspecified atom stereocenters. The maximum atomic E-state index is 13.5. The van der Waals surface area contributed by atoms with Crippen molar-refractivity contribution in [3.63, 3.8) is 0 Å². The van der Waals surface area contributed by atoms with E-state index >= 15 is 0 Å². The number of hydrogen-bond donors (Lipinski definition) is 2. The van der Waals surface area contributed by atoms with Gasteiger partial charge in [0.1, 0.15) is 0 Å². The number of ether oxygens (including phenoxy) is 4. The third-order valence-corrected chi connectivity index (χ3v) is 6.21. The molecule has 1 aliphatic heterocycles. The van der Waals surface area contributed by atoms with Crippen LogP contribution in [-0.2, 0) is 4.79 Å². The average Bonchev–Trinajstić information content (AvgIpc) is 3.47. The Balaban J connectivity index is 1.54. The van der Waals surface area contributed by atoms with Gasteiger partial charge in [-0.3, -0.25) is 10.1 Å². The highest BCUT2D eigenvalue weighted by molar-refractivity contribution is 7.22. The second-order valence-electron chi connectivity index (χ2n) is 7.44. The Morgan fingerprint density at radius 2 is 1.85 bits per heavy atom. The molecule has 34 heavy (non-hydrogen) atoms. The van der Waals surface area contributed by atoms with Crippen LogP contribution in [0.1, 0.15) is 11.1 Å². The van der Waals surface area contributed by atoms with Gasteiger partial charge in [-0.1, -0.05) is 23.5 Å². The molecule has 172 valence electrons. The van der Waals surface area contributed by atoms with Crippen LogP contribution >= 0.6 is 11.3 Å². The van der Waals surface area contributed by atoms with Gasteiger partial charge in [0.15, 0.2) is 28.1 Å². The number of aromatic nitrogens is 1. The summed E-state index contributed by atoms with van der Waals surface area (Å²) < 4.78 is 22.6. The van der Waals surface area contributed by atoms with Crippen LogP contribution in [-0.4, -0.2) is 31.9 Å². The number of nitrogens with one attached hydrogen (secondary N) is 1. The average molecular weight is 476 g/mol. The van der Waals surface area contributed by atoms with Crippen molar-refractivity contribution >= 4 is 49.9 Å². The number of hydrogen-bond acceptors (Lipinski definition) is 8. The lowest BCUT2D eigenvalue weighted by Gasteiger charge is -2.12. The summed E-state index contributed by atoms with van der Waals surface area (Å²) in [6, 6.07) is 16.3. The van der Waals surface area contributed by atoms with Crippen LogP contribution in [0.3, 0.4) is 0 Å². The van der Waals surface area contributed by atoms with Crippen LogP contribution in [0.2, 0.25) is 0 Å². The SMILES string of the molecule is COc1ccc(/C(=C\c2ccc3c(c2)OCO3)C(=O)Nc2nc3ccc(N)cc3s2)cc1OC. The van der Waals surface area contributed by atoms with Gasteiger partial charge < -0.3 is 24.7 Å². The zero-order chi connectivity index (χ0) is 23.7. The van der Waals surface area contributed by atoms with E-state index in [-0.39, 0.29) is 12.7 Å². The number of anilines is 2. The van der Waals surface area contributed by atoms with Crippen molar-refractivity contribution in [3.8, 4) is 23.0 Å². The molecule has 2 heterocycles. The number of carbonyl (C=O) groups is 1. The minimum atomic E-state index is -0.322. The van der Waals surface area contributed by atoms with Crippen LogP contribution in [0.15, 0.2) is 54.6 Å². The third-order valence-electron chi connectivity index (χ3n) is 5.28. The predicted molar refractivity (Wildman–Crippen MR) is 133 cm³/mol. The number of fused-ring (bicyclic) bond motifs is 2. The van der Waals surface area contributed by atoms with Gasteiger partial charge in [0, 0.05) is 11.3 Å². The van der Waals surface area contributed by atoms with Crippen molar-refractivity contribution in [2.75, 3.05) is 32.1 Å². The van der Waals surface area contributed by atoms with E-state index in [0.717, 1.165) is 15.8 Å². The van der Waals surface area contributed by atoms with Crippen LogP contribution in [0.25, 0.3) is 21.9 Å². The molecule has 0 saturated carbocycles. The minimum Gasteiger partial charge on any atom is -0.493 e. The van der Waals surface area contributed by atoms with Crippen LogP contribution in [0.5, 0.6) is 23.0 Å². The number of amides is 1. The second kappa shape index (κ2) is 8.95. The van der Waals surface area contributed by atoms with E-state index in [1.54, 1.807) is 44.6 Å². The number of thiazole rings is 1. The summed E-state index contributed by atoms with van der Waals surface area (Å²) in [7, 11) is 3.11. The molecule has 0 radical (unpaired) electrons. The summed E-state index contributed by atoms with van der Waals surface area (Å²) >= 11 is 1.36. The first kappa shape index (κ1) is 21.6. The molecule has 0 saturated heterocycles. The fraction of sp³-hybridized carbons (Fsp3) is 0.120. The normalized spacial score (nSPS) is 12.6. The molecule has 0 aliphatic carbocycles. The van der Waals surface area contributed by atoms with Gasteiger partial charge in [0.05, 0.1) is 24.4 Å². The van der Waals surface area contributed by atoms with E-state index in [0.29, 0.717) is 45.0 Å². The standard InChI is InChI=1S/C25H21N3O5S/c1-30-19-8-4-15(11-21(19)31-2)17(9-14-3-7-20-22(10-14)33-13-32-20)24(29)28-25-27-18-6-5-16(26)12-23(18)34-25/h3-12H,13,26H2,1-2H3,(H,27,28,29)/b17-9+. The molecule has 8 nitrogen and oxygen atoms in total. The van der Waals surface area contributed by atoms with Crippen LogP contribution < -0.4 is 30.0 Å². The van der Waals surface area contributed by atoms with Crippen molar-refractivity contribution in [2.45, 2.75) is 0 Å². The van der Waals surface area contributed by atoms with Crippen LogP contribution in [0, 0.1) is 0 Å². The Bertz CT molecular complexity index is 1430. The van der Waals surface area contributed by atoms with Gasteiger partial charge in [0.2, 0.25) is 6.79 Å². The molecule has 9 heteroatoms. The molecular formula is C25H21N3O5S. The Hall–Kier alpha value is -4.24. The zero-order valence-electron chi connectivity index (χ0n) is 18.5. The lowest BCUT2D eigenvalue weighted by molar-refractivity contribution is -0.111. The number of rotatable bonds is 6. The first-order chi connectivity index (χ1) is 16.5. The van der Waals surface area contributed by atoms with Gasteiger partial charge in [-0.25, -0.2) is 4.98 Å². The summed E-state index contributed by atoms with van der Waals surface area (Å²) in [5.41, 5.74) is 9.13. The zero-order valence-corrected chi connectivity index (χ0v) is 19.3. The first-order valence-corrected chi connectivity index (χ1v) is 11.2. The van der Waals surface area contributed by atoms with E-state index in [1.807, 2.05) is 30.3 Å². The summed E-state index contributed by atoms with van der Waals surface area (Å²) in [5.74, 6) is 2.06. The minimum absolute atomic E-state index is 0.174. The molecule has 0 atom stereocenters. The highest BCUT2D eigenvalue weighted by Crippen LogP contribution is 2.36. The van der Waals surface area contributed by atoms with Crippen molar-refractivity contribution < 1.29 is 23.7 Å². The lowest BCUT2D eigenvalue weighted by Crippen LogP contribution is -2.13. The molecule has 1 aromatic heterocycles. The molecule has 5 rings (SSSR count). The lowest BCUT2D eigenvalue weighted by atomic mass is 10.0. The number of carbonyl (C=O) groups excluding carboxylic acids is 1. The van der Waals surface area contributed by atoms with Gasteiger partial charge in [0.25, 0.3) is 5.91 Å². The summed E-state index contributed by atoms with van der Waals surface area (Å²) in [6.45, 7) is 0.174. The molecule has 0 bridgehead atoms. The highest BCUT2D eigenvalue weighted by atomic mass is 32.1. The van der Waals surface area contributed by atoms with Gasteiger partial charge in [-0.15, -0.1) is 0 Å². The number of benzene rings is 3. The van der Waals surface area contributed by atoms with Crippen molar-refractivity contribution in [1.29, 1.82) is 0 Å². The van der Waals surface area contributed by atoms with Gasteiger partial charge >= 0.3 is 0 Å². The van der Waals surface area contributed by atoms with Crippen molar-refractivity contribution in [2.24, 2.45) is 0 Å². The highest BCUT2D eigenvalue weighted by Gasteiger charge is 2.19. The maximum Gasteiger partial charge on any atom is 0.258 e.